The summed E-state index contributed by atoms with van der Waals surface area (Å²) in [7, 11) is -6.54. The van der Waals surface area contributed by atoms with E-state index in [1.807, 2.05) is 101 Å². The molecule has 3 aromatic heterocycles. The quantitative estimate of drug-likeness (QED) is 0.0285. The number of pyridine rings is 1. The van der Waals surface area contributed by atoms with Crippen molar-refractivity contribution in [1.82, 2.24) is 25.1 Å². The molecule has 0 radical (unpaired) electrons. The lowest BCUT2D eigenvalue weighted by Crippen LogP contribution is -2.66. The van der Waals surface area contributed by atoms with Gasteiger partial charge in [-0.1, -0.05) is 145 Å². The number of hydrogen-bond donors (Lipinski definition) is 2. The third-order valence-electron chi connectivity index (χ3n) is 18.6. The first-order valence-corrected chi connectivity index (χ1v) is 35.7. The molecule has 5 aliphatic rings. The Morgan fingerprint density at radius 1 is 0.761 bits per heavy atom. The summed E-state index contributed by atoms with van der Waals surface area (Å²) in [6, 6.07) is 38.7. The molecule has 4 bridgehead atoms. The van der Waals surface area contributed by atoms with Crippen LogP contribution in [0.1, 0.15) is 142 Å². The number of ether oxygens (including phenoxy) is 2. The Bertz CT molecular complexity index is 3710. The summed E-state index contributed by atoms with van der Waals surface area (Å²) in [5.74, 6) is -0.667. The molecule has 15 nitrogen and oxygen atoms in total. The third-order valence-corrected chi connectivity index (χ3v) is 25.8. The van der Waals surface area contributed by atoms with Gasteiger partial charge in [0.2, 0.25) is 0 Å². The number of urea groups is 1. The topological polar surface area (TPSA) is 176 Å². The molecule has 4 aliphatic carbocycles. The number of para-hydroxylation sites is 1. The van der Waals surface area contributed by atoms with Gasteiger partial charge in [-0.2, -0.15) is 13.5 Å². The van der Waals surface area contributed by atoms with Gasteiger partial charge in [0.25, 0.3) is 18.4 Å². The third kappa shape index (κ3) is 13.6. The Labute approximate surface area is 526 Å². The normalized spacial score (nSPS) is 22.1. The van der Waals surface area contributed by atoms with Gasteiger partial charge in [0.05, 0.1) is 46.7 Å². The number of aromatic nitrogens is 4. The standard InChI is InChI=1S/C70H89N7O8S2Si/c1-49-55(54-30-31-56(73-60(54)61(78)85-64(2,3)4)51-29-28-50-21-20-35-76(58(50)39-51)63(79)75-62-74-57-26-18-19-27-59(57)86-62)40-72-77(49)47-69-42-67(10)41-68(11,43-69)45-70(44-67,46-69)82-37-33-71-34-38-87(80,81)83-48-66(8,9)32-36-84-88(65(5,6)7,52-22-14-12-15-23-52)53-24-16-13-17-25-53/h12-19,22-31,39-40,71H,20-21,32-38,41-48H2,1-11H3,(H,74,75,79). The molecule has 2 unspecified atom stereocenters. The smallest absolute Gasteiger partial charge is 0.358 e. The van der Waals surface area contributed by atoms with Crippen molar-refractivity contribution in [1.29, 1.82) is 0 Å². The zero-order valence-electron chi connectivity index (χ0n) is 53.4. The first-order chi connectivity index (χ1) is 41.6. The van der Waals surface area contributed by atoms with Gasteiger partial charge in [-0.3, -0.25) is 19.1 Å². The van der Waals surface area contributed by atoms with E-state index in [0.717, 1.165) is 89.7 Å². The van der Waals surface area contributed by atoms with Gasteiger partial charge >= 0.3 is 12.0 Å². The molecule has 2 amide bonds. The first-order valence-electron chi connectivity index (χ1n) is 31.4. The minimum atomic E-state index is -3.80. The van der Waals surface area contributed by atoms with Crippen LogP contribution in [0, 0.1) is 28.6 Å². The van der Waals surface area contributed by atoms with E-state index in [9.17, 15) is 18.0 Å². The largest absolute Gasteiger partial charge is 0.455 e. The molecule has 4 heterocycles. The number of thiazole rings is 1. The van der Waals surface area contributed by atoms with E-state index in [0.29, 0.717) is 55.7 Å². The van der Waals surface area contributed by atoms with Crippen molar-refractivity contribution < 1.29 is 36.1 Å². The van der Waals surface area contributed by atoms with Gasteiger partial charge < -0.3 is 19.2 Å². The van der Waals surface area contributed by atoms with Crippen LogP contribution in [0.4, 0.5) is 15.6 Å². The second kappa shape index (κ2) is 24.2. The lowest BCUT2D eigenvalue weighted by Gasteiger charge is -2.69. The number of carbonyl (C=O) groups is 2. The van der Waals surface area contributed by atoms with Gasteiger partial charge in [0.15, 0.2) is 10.8 Å². The minimum absolute atomic E-state index is 0.0646. The number of amides is 2. The zero-order valence-corrected chi connectivity index (χ0v) is 56.0. The molecule has 4 saturated carbocycles. The average Bonchev–Trinajstić information content (AvgIpc) is 0.755. The Balaban J connectivity index is 0.723. The van der Waals surface area contributed by atoms with Crippen LogP contribution in [0.2, 0.25) is 5.04 Å². The van der Waals surface area contributed by atoms with E-state index in [1.165, 1.54) is 21.7 Å². The van der Waals surface area contributed by atoms with E-state index < -0.39 is 35.4 Å². The molecule has 0 spiro atoms. The molecule has 468 valence electrons. The van der Waals surface area contributed by atoms with Crippen LogP contribution in [0.5, 0.6) is 0 Å². The molecule has 4 fully saturated rings. The van der Waals surface area contributed by atoms with Crippen molar-refractivity contribution in [3.05, 3.63) is 138 Å². The SMILES string of the molecule is Cc1c(-c2ccc(-c3ccc4c(c3)N(C(=O)Nc3nc5ccccc5s3)CCC4)nc2C(=O)OC(C)(C)C)cnn1CC12CC3(C)CC(C)(C1)CC(OCCNCCS(=O)(=O)OCC(C)(C)CCO[Si](c1ccccc1)(c1ccccc1)C(C)(C)C)(C3)C2. The van der Waals surface area contributed by atoms with Crippen molar-refractivity contribution in [2.24, 2.45) is 21.7 Å². The minimum Gasteiger partial charge on any atom is -0.455 e. The summed E-state index contributed by atoms with van der Waals surface area (Å²) in [4.78, 5) is 39.7. The van der Waals surface area contributed by atoms with Crippen LogP contribution in [0.25, 0.3) is 32.6 Å². The van der Waals surface area contributed by atoms with E-state index in [2.05, 4.69) is 116 Å². The number of benzene rings is 4. The summed E-state index contributed by atoms with van der Waals surface area (Å²) >= 11 is 1.45. The zero-order chi connectivity index (χ0) is 62.5. The van der Waals surface area contributed by atoms with Gasteiger partial charge in [0.1, 0.15) is 5.60 Å². The molecule has 88 heavy (non-hydrogen) atoms. The highest BCUT2D eigenvalue weighted by atomic mass is 32.2. The second-order valence-electron chi connectivity index (χ2n) is 29.3. The van der Waals surface area contributed by atoms with Gasteiger partial charge in [-0.15, -0.1) is 0 Å². The molecular formula is C70H89N7O8S2Si. The molecule has 2 atom stereocenters. The predicted octanol–water partition coefficient (Wildman–Crippen LogP) is 13.5. The number of nitrogens with zero attached hydrogens (tertiary/aromatic N) is 5. The maximum Gasteiger partial charge on any atom is 0.358 e. The molecule has 0 saturated heterocycles. The Morgan fingerprint density at radius 2 is 1.44 bits per heavy atom. The summed E-state index contributed by atoms with van der Waals surface area (Å²) < 4.78 is 55.8. The fourth-order valence-corrected chi connectivity index (χ4v) is 22.4. The number of aryl methyl sites for hydroxylation is 1. The average molecular weight is 1250 g/mol. The number of nitrogens with one attached hydrogen (secondary N) is 2. The maximum atomic E-state index is 14.3. The Morgan fingerprint density at radius 3 is 2.11 bits per heavy atom. The number of rotatable bonds is 22. The van der Waals surface area contributed by atoms with Crippen molar-refractivity contribution >= 4 is 73.2 Å². The highest BCUT2D eigenvalue weighted by molar-refractivity contribution is 7.86. The number of carbonyl (C=O) groups excluding carboxylic acids is 2. The summed E-state index contributed by atoms with van der Waals surface area (Å²) in [6.45, 7) is 26.4. The molecule has 12 rings (SSSR count). The molecule has 18 heteroatoms. The maximum absolute atomic E-state index is 14.3. The van der Waals surface area contributed by atoms with Crippen LogP contribution in [-0.4, -0.2) is 105 Å². The summed E-state index contributed by atoms with van der Waals surface area (Å²) in [5.41, 5.74) is 5.23. The predicted molar refractivity (Wildman–Crippen MR) is 355 cm³/mol. The fourth-order valence-electron chi connectivity index (χ4n) is 16.0. The van der Waals surface area contributed by atoms with Crippen LogP contribution >= 0.6 is 11.3 Å². The lowest BCUT2D eigenvalue weighted by molar-refractivity contribution is -0.247. The van der Waals surface area contributed by atoms with Crippen molar-refractivity contribution in [3.8, 4) is 22.4 Å². The van der Waals surface area contributed by atoms with Crippen LogP contribution in [0.15, 0.2) is 121 Å². The van der Waals surface area contributed by atoms with E-state index >= 15 is 0 Å². The summed E-state index contributed by atoms with van der Waals surface area (Å²) in [5, 5.41) is 14.3. The Kier molecular flexibility index (Phi) is 17.5. The molecule has 2 N–H and O–H groups in total. The fraction of sp³-hybridized carbons (Fsp3) is 0.500. The molecule has 1 aliphatic heterocycles. The molecular weight excluding hydrogens is 1160 g/mol. The van der Waals surface area contributed by atoms with Crippen molar-refractivity contribution in [2.45, 2.75) is 157 Å². The highest BCUT2D eigenvalue weighted by Gasteiger charge is 2.66. The first kappa shape index (κ1) is 63.4. The second-order valence-corrected chi connectivity index (χ2v) is 36.4. The summed E-state index contributed by atoms with van der Waals surface area (Å²) in [6.07, 6.45) is 10.3. The van der Waals surface area contributed by atoms with E-state index in [-0.39, 0.29) is 57.5 Å². The van der Waals surface area contributed by atoms with Crippen molar-refractivity contribution in [2.75, 3.05) is 55.4 Å². The monoisotopic (exact) mass is 1250 g/mol. The number of hydrogen-bond acceptors (Lipinski definition) is 13. The molecule has 4 aromatic carbocycles. The number of esters is 1. The van der Waals surface area contributed by atoms with E-state index in [4.69, 9.17) is 28.2 Å². The van der Waals surface area contributed by atoms with Gasteiger partial charge in [-0.25, -0.2) is 19.6 Å². The van der Waals surface area contributed by atoms with Crippen LogP contribution in [-0.2, 0) is 41.2 Å². The number of anilines is 2. The van der Waals surface area contributed by atoms with Crippen LogP contribution < -0.4 is 25.9 Å². The number of fused-ring (bicyclic) bond motifs is 2. The highest BCUT2D eigenvalue weighted by Crippen LogP contribution is 2.72. The van der Waals surface area contributed by atoms with Crippen LogP contribution in [0.3, 0.4) is 0 Å². The molecule has 7 aromatic rings. The van der Waals surface area contributed by atoms with Crippen molar-refractivity contribution in [3.63, 3.8) is 0 Å². The Hall–Kier alpha value is -6.12. The lowest BCUT2D eigenvalue weighted by atomic mass is 9.39. The van der Waals surface area contributed by atoms with Gasteiger partial charge in [0, 0.05) is 60.9 Å². The van der Waals surface area contributed by atoms with E-state index in [1.54, 1.807) is 4.90 Å². The van der Waals surface area contributed by atoms with Gasteiger partial charge in [-0.05, 0) is 158 Å².